The fourth-order valence-corrected chi connectivity index (χ4v) is 2.77. The Balaban J connectivity index is 2.85. The maximum atomic E-state index is 10.7. The molecule has 0 saturated carbocycles. The van der Waals surface area contributed by atoms with Crippen LogP contribution in [0.2, 0.25) is 0 Å². The van der Waals surface area contributed by atoms with Crippen molar-refractivity contribution in [1.82, 2.24) is 0 Å². The summed E-state index contributed by atoms with van der Waals surface area (Å²) in [6, 6.07) is 0. The number of rotatable bonds is 1. The van der Waals surface area contributed by atoms with Gasteiger partial charge in [-0.3, -0.25) is 0 Å². The van der Waals surface area contributed by atoms with E-state index < -0.39 is 9.84 Å². The third kappa shape index (κ3) is 1.79. The van der Waals surface area contributed by atoms with Gasteiger partial charge in [-0.05, 0) is 12.0 Å². The molecule has 1 aliphatic heterocycles. The molecule has 0 aromatic rings. The first-order valence-electron chi connectivity index (χ1n) is 2.62. The molecule has 1 heterocycles. The molecule has 0 saturated heterocycles. The minimum atomic E-state index is -2.80. The zero-order chi connectivity index (χ0) is 6.91. The molecule has 0 aliphatic carbocycles. The van der Waals surface area contributed by atoms with Gasteiger partial charge in [0.2, 0.25) is 0 Å². The number of allylic oxidation sites excluding steroid dienone is 1. The molecule has 52 valence electrons. The van der Waals surface area contributed by atoms with Crippen molar-refractivity contribution < 1.29 is 8.42 Å². The van der Waals surface area contributed by atoms with Crippen molar-refractivity contribution in [2.75, 3.05) is 11.1 Å². The van der Waals surface area contributed by atoms with Gasteiger partial charge in [0, 0.05) is 10.7 Å². The number of alkyl halides is 1. The Bertz CT molecular complexity index is 227. The molecule has 0 amide bonds. The molecule has 0 aromatic carbocycles. The van der Waals surface area contributed by atoms with Gasteiger partial charge in [0.1, 0.15) is 0 Å². The molecule has 0 fully saturated rings. The van der Waals surface area contributed by atoms with Crippen LogP contribution in [0.1, 0.15) is 6.42 Å². The van der Waals surface area contributed by atoms with Crippen molar-refractivity contribution in [2.24, 2.45) is 0 Å². The molecule has 0 bridgehead atoms. The third-order valence-electron chi connectivity index (χ3n) is 1.23. The third-order valence-corrected chi connectivity index (χ3v) is 3.41. The summed E-state index contributed by atoms with van der Waals surface area (Å²) in [4.78, 5) is 0. The summed E-state index contributed by atoms with van der Waals surface area (Å²) in [5.74, 6) is 0.300. The molecule has 0 radical (unpaired) electrons. The number of hydrogen-bond donors (Lipinski definition) is 0. The van der Waals surface area contributed by atoms with E-state index in [0.29, 0.717) is 17.5 Å². The van der Waals surface area contributed by atoms with Crippen LogP contribution in [0.4, 0.5) is 0 Å². The highest BCUT2D eigenvalue weighted by Gasteiger charge is 2.16. The van der Waals surface area contributed by atoms with Crippen molar-refractivity contribution in [3.05, 3.63) is 11.0 Å². The molecule has 0 atom stereocenters. The van der Waals surface area contributed by atoms with Crippen LogP contribution in [0.3, 0.4) is 0 Å². The summed E-state index contributed by atoms with van der Waals surface area (Å²) >= 11 is 3.20. The number of sulfone groups is 1. The van der Waals surface area contributed by atoms with Crippen molar-refractivity contribution >= 4 is 25.8 Å². The topological polar surface area (TPSA) is 34.1 Å². The van der Waals surface area contributed by atoms with E-state index in [1.165, 1.54) is 5.41 Å². The normalized spacial score (nSPS) is 23.9. The maximum absolute atomic E-state index is 10.7. The minimum absolute atomic E-state index is 0.300. The lowest BCUT2D eigenvalue weighted by Crippen LogP contribution is -1.92. The Morgan fingerprint density at radius 1 is 1.67 bits per heavy atom. The van der Waals surface area contributed by atoms with E-state index in [-0.39, 0.29) is 0 Å². The van der Waals surface area contributed by atoms with Crippen LogP contribution in [-0.2, 0) is 9.84 Å². The molecular weight excluding hydrogens is 204 g/mol. The van der Waals surface area contributed by atoms with E-state index in [1.54, 1.807) is 0 Å². The van der Waals surface area contributed by atoms with E-state index in [9.17, 15) is 8.42 Å². The van der Waals surface area contributed by atoms with Gasteiger partial charge in [-0.15, -0.1) is 0 Å². The van der Waals surface area contributed by atoms with Crippen molar-refractivity contribution in [3.63, 3.8) is 0 Å². The first-order valence-corrected chi connectivity index (χ1v) is 5.46. The maximum Gasteiger partial charge on any atom is 0.171 e. The molecule has 0 unspecified atom stereocenters. The predicted octanol–water partition coefficient (Wildman–Crippen LogP) is 1.08. The van der Waals surface area contributed by atoms with Crippen LogP contribution in [0.25, 0.3) is 0 Å². The first-order chi connectivity index (χ1) is 4.14. The average Bonchev–Trinajstić information content (AvgIpc) is 2.10. The van der Waals surface area contributed by atoms with E-state index >= 15 is 0 Å². The smallest absolute Gasteiger partial charge is 0.171 e. The van der Waals surface area contributed by atoms with Crippen LogP contribution in [0, 0.1) is 0 Å². The lowest BCUT2D eigenvalue weighted by Gasteiger charge is -1.85. The first kappa shape index (κ1) is 7.28. The summed E-state index contributed by atoms with van der Waals surface area (Å²) in [7, 11) is -2.80. The molecule has 1 rings (SSSR count). The Hall–Kier alpha value is 0.170. The second kappa shape index (κ2) is 2.42. The lowest BCUT2D eigenvalue weighted by molar-refractivity contribution is 0.606. The van der Waals surface area contributed by atoms with E-state index in [4.69, 9.17) is 0 Å². The number of hydrogen-bond acceptors (Lipinski definition) is 2. The van der Waals surface area contributed by atoms with Crippen LogP contribution >= 0.6 is 15.9 Å². The van der Waals surface area contributed by atoms with E-state index in [1.807, 2.05) is 0 Å². The monoisotopic (exact) mass is 210 g/mol. The second-order valence-corrected chi connectivity index (χ2v) is 4.56. The highest BCUT2D eigenvalue weighted by Crippen LogP contribution is 2.17. The van der Waals surface area contributed by atoms with Gasteiger partial charge in [-0.25, -0.2) is 8.42 Å². The fraction of sp³-hybridized carbons (Fsp3) is 0.600. The van der Waals surface area contributed by atoms with Crippen molar-refractivity contribution in [1.29, 1.82) is 0 Å². The fourth-order valence-electron chi connectivity index (χ4n) is 0.743. The number of halogens is 1. The van der Waals surface area contributed by atoms with Gasteiger partial charge in [0.05, 0.1) is 5.75 Å². The predicted molar refractivity (Wildman–Crippen MR) is 40.3 cm³/mol. The SMILES string of the molecule is O=S1(=O)C=C(CBr)CC1. The summed E-state index contributed by atoms with van der Waals surface area (Å²) in [6.07, 6.45) is 0.702. The second-order valence-electron chi connectivity index (χ2n) is 2.03. The van der Waals surface area contributed by atoms with Gasteiger partial charge in [-0.2, -0.15) is 0 Å². The molecule has 4 heteroatoms. The summed E-state index contributed by atoms with van der Waals surface area (Å²) in [6.45, 7) is 0. The molecule has 0 aromatic heterocycles. The van der Waals surface area contributed by atoms with Gasteiger partial charge < -0.3 is 0 Å². The Kier molecular flexibility index (Phi) is 1.96. The van der Waals surface area contributed by atoms with E-state index in [0.717, 1.165) is 5.57 Å². The summed E-state index contributed by atoms with van der Waals surface area (Å²) < 4.78 is 21.4. The van der Waals surface area contributed by atoms with Gasteiger partial charge in [0.25, 0.3) is 0 Å². The Morgan fingerprint density at radius 3 is 2.56 bits per heavy atom. The van der Waals surface area contributed by atoms with Gasteiger partial charge in [-0.1, -0.05) is 15.9 Å². The highest BCUT2D eigenvalue weighted by molar-refractivity contribution is 9.09. The Morgan fingerprint density at radius 2 is 2.33 bits per heavy atom. The Labute approximate surface area is 63.0 Å². The summed E-state index contributed by atoms with van der Waals surface area (Å²) in [5.41, 5.74) is 0.981. The largest absolute Gasteiger partial charge is 0.224 e. The van der Waals surface area contributed by atoms with Crippen LogP contribution in [-0.4, -0.2) is 19.5 Å². The zero-order valence-electron chi connectivity index (χ0n) is 4.80. The van der Waals surface area contributed by atoms with Gasteiger partial charge in [0.15, 0.2) is 9.84 Å². The molecule has 1 aliphatic rings. The molecular formula is C5H7BrO2S. The van der Waals surface area contributed by atoms with E-state index in [2.05, 4.69) is 15.9 Å². The average molecular weight is 211 g/mol. The minimum Gasteiger partial charge on any atom is -0.224 e. The molecule has 0 N–H and O–H groups in total. The molecule has 2 nitrogen and oxygen atoms in total. The van der Waals surface area contributed by atoms with Gasteiger partial charge >= 0.3 is 0 Å². The van der Waals surface area contributed by atoms with Crippen LogP contribution in [0.5, 0.6) is 0 Å². The molecule has 9 heavy (non-hydrogen) atoms. The standard InChI is InChI=1S/C5H7BrO2S/c6-3-5-1-2-9(7,8)4-5/h4H,1-3H2. The lowest BCUT2D eigenvalue weighted by atomic mass is 10.3. The van der Waals surface area contributed by atoms with Crippen LogP contribution < -0.4 is 0 Å². The zero-order valence-corrected chi connectivity index (χ0v) is 7.20. The molecule has 0 spiro atoms. The summed E-state index contributed by atoms with van der Waals surface area (Å²) in [5, 5.41) is 2.05. The van der Waals surface area contributed by atoms with Crippen molar-refractivity contribution in [3.8, 4) is 0 Å². The highest BCUT2D eigenvalue weighted by atomic mass is 79.9. The van der Waals surface area contributed by atoms with Crippen molar-refractivity contribution in [2.45, 2.75) is 6.42 Å². The quantitative estimate of drug-likeness (QED) is 0.608. The van der Waals surface area contributed by atoms with Crippen LogP contribution in [0.15, 0.2) is 11.0 Å².